The van der Waals surface area contributed by atoms with Gasteiger partial charge in [-0.15, -0.1) is 0 Å². The molecule has 0 saturated carbocycles. The number of unbranched alkanes of at least 4 members (excludes halogenated alkanes) is 1. The van der Waals surface area contributed by atoms with Gasteiger partial charge in [0.05, 0.1) is 32.8 Å². The minimum Gasteiger partial charge on any atom is -0.502 e. The summed E-state index contributed by atoms with van der Waals surface area (Å²) < 4.78 is 34.0. The zero-order chi connectivity index (χ0) is 23.1. The number of rotatable bonds is 7. The molecule has 0 spiro atoms. The summed E-state index contributed by atoms with van der Waals surface area (Å²) in [6.07, 6.45) is 1.65. The minimum absolute atomic E-state index is 0.0863. The molecule has 5 rings (SSSR count). The topological polar surface area (TPSA) is 92.7 Å². The third kappa shape index (κ3) is 3.53. The van der Waals surface area contributed by atoms with Crippen molar-refractivity contribution in [1.82, 2.24) is 0 Å². The van der Waals surface area contributed by atoms with E-state index in [9.17, 15) is 9.90 Å². The molecule has 1 N–H and O–H groups in total. The zero-order valence-corrected chi connectivity index (χ0v) is 19.0. The lowest BCUT2D eigenvalue weighted by atomic mass is 9.66. The molecule has 4 atom stereocenters. The first-order chi connectivity index (χ1) is 16.1. The second kappa shape index (κ2) is 8.67. The molecule has 0 amide bonds. The molecule has 0 radical (unpaired) electrons. The number of fused-ring (bicyclic) bond motifs is 3. The molecule has 3 aliphatic rings. The molecule has 8 nitrogen and oxygen atoms in total. The molecule has 2 aromatic rings. The molecule has 0 bridgehead atoms. The molecule has 2 heterocycles. The van der Waals surface area contributed by atoms with E-state index in [1.54, 1.807) is 12.1 Å². The van der Waals surface area contributed by atoms with Crippen LogP contribution in [0, 0.1) is 11.8 Å². The maximum Gasteiger partial charge on any atom is 0.310 e. The number of methoxy groups -OCH3 is 2. The summed E-state index contributed by atoms with van der Waals surface area (Å²) in [5.41, 5.74) is 2.66. The highest BCUT2D eigenvalue weighted by Crippen LogP contribution is 2.56. The number of carbonyl (C=O) groups is 1. The van der Waals surface area contributed by atoms with Crippen LogP contribution < -0.4 is 18.9 Å². The number of carbonyl (C=O) groups excluding carboxylic acids is 1. The van der Waals surface area contributed by atoms with E-state index in [0.29, 0.717) is 18.1 Å². The van der Waals surface area contributed by atoms with Crippen LogP contribution in [0.2, 0.25) is 0 Å². The molecule has 1 saturated heterocycles. The summed E-state index contributed by atoms with van der Waals surface area (Å²) in [4.78, 5) is 13.0. The Morgan fingerprint density at radius 3 is 2.30 bits per heavy atom. The van der Waals surface area contributed by atoms with Crippen molar-refractivity contribution >= 4 is 5.97 Å². The SMILES string of the molecule is CCCCO[C@@H]1c2cc3c(cc2[C@@H](c2cc(OC)c(O)c(OC)c2)[C@H]2C(=O)OC[C@@H]21)OCO3. The van der Waals surface area contributed by atoms with Crippen LogP contribution in [-0.4, -0.2) is 45.3 Å². The van der Waals surface area contributed by atoms with Crippen molar-refractivity contribution in [2.75, 3.05) is 34.2 Å². The number of ether oxygens (including phenoxy) is 6. The van der Waals surface area contributed by atoms with Crippen LogP contribution in [0.25, 0.3) is 0 Å². The van der Waals surface area contributed by atoms with Gasteiger partial charge in [0.15, 0.2) is 23.0 Å². The van der Waals surface area contributed by atoms with Crippen molar-refractivity contribution in [1.29, 1.82) is 0 Å². The van der Waals surface area contributed by atoms with E-state index in [1.807, 2.05) is 12.1 Å². The van der Waals surface area contributed by atoms with Crippen molar-refractivity contribution in [3.63, 3.8) is 0 Å². The summed E-state index contributed by atoms with van der Waals surface area (Å²) in [6.45, 7) is 3.15. The van der Waals surface area contributed by atoms with Gasteiger partial charge >= 0.3 is 5.97 Å². The van der Waals surface area contributed by atoms with E-state index in [2.05, 4.69) is 6.92 Å². The van der Waals surface area contributed by atoms with E-state index in [0.717, 1.165) is 29.5 Å². The first-order valence-electron chi connectivity index (χ1n) is 11.2. The zero-order valence-electron chi connectivity index (χ0n) is 19.0. The Bertz CT molecular complexity index is 1040. The van der Waals surface area contributed by atoms with Gasteiger partial charge in [0.1, 0.15) is 0 Å². The van der Waals surface area contributed by atoms with Crippen molar-refractivity contribution in [3.05, 3.63) is 41.0 Å². The normalized spacial score (nSPS) is 24.8. The molecule has 33 heavy (non-hydrogen) atoms. The second-order valence-electron chi connectivity index (χ2n) is 8.55. The lowest BCUT2D eigenvalue weighted by Gasteiger charge is -2.39. The van der Waals surface area contributed by atoms with E-state index in [-0.39, 0.29) is 54.6 Å². The van der Waals surface area contributed by atoms with Gasteiger partial charge in [-0.05, 0) is 47.4 Å². The number of benzene rings is 2. The molecule has 2 aromatic carbocycles. The van der Waals surface area contributed by atoms with Gasteiger partial charge in [0.25, 0.3) is 0 Å². The molecule has 8 heteroatoms. The van der Waals surface area contributed by atoms with Crippen LogP contribution in [0.3, 0.4) is 0 Å². The average Bonchev–Trinajstić information content (AvgIpc) is 3.44. The first kappa shape index (κ1) is 21.7. The molecule has 176 valence electrons. The summed E-state index contributed by atoms with van der Waals surface area (Å²) in [5.74, 6) is 0.534. The van der Waals surface area contributed by atoms with Gasteiger partial charge < -0.3 is 33.5 Å². The maximum absolute atomic E-state index is 13.0. The van der Waals surface area contributed by atoms with Crippen molar-refractivity contribution in [2.24, 2.45) is 11.8 Å². The van der Waals surface area contributed by atoms with Crippen LogP contribution in [0.4, 0.5) is 0 Å². The number of hydrogen-bond donors (Lipinski definition) is 1. The van der Waals surface area contributed by atoms with Crippen molar-refractivity contribution in [2.45, 2.75) is 31.8 Å². The highest BCUT2D eigenvalue weighted by molar-refractivity contribution is 5.79. The van der Waals surface area contributed by atoms with E-state index in [4.69, 9.17) is 28.4 Å². The largest absolute Gasteiger partial charge is 0.502 e. The number of esters is 1. The van der Waals surface area contributed by atoms with Gasteiger partial charge in [-0.3, -0.25) is 4.79 Å². The number of cyclic esters (lactones) is 1. The van der Waals surface area contributed by atoms with Gasteiger partial charge in [-0.25, -0.2) is 0 Å². The summed E-state index contributed by atoms with van der Waals surface area (Å²) >= 11 is 0. The highest BCUT2D eigenvalue weighted by Gasteiger charge is 2.53. The summed E-state index contributed by atoms with van der Waals surface area (Å²) in [5, 5.41) is 10.4. The Labute approximate surface area is 192 Å². The number of hydrogen-bond acceptors (Lipinski definition) is 8. The summed E-state index contributed by atoms with van der Waals surface area (Å²) in [7, 11) is 2.96. The molecule has 0 unspecified atom stereocenters. The lowest BCUT2D eigenvalue weighted by Crippen LogP contribution is -2.36. The van der Waals surface area contributed by atoms with Crippen LogP contribution in [0.15, 0.2) is 24.3 Å². The van der Waals surface area contributed by atoms with E-state index in [1.165, 1.54) is 14.2 Å². The Balaban J connectivity index is 1.69. The van der Waals surface area contributed by atoms with Crippen molar-refractivity contribution in [3.8, 4) is 28.7 Å². The Hall–Kier alpha value is -3.13. The van der Waals surface area contributed by atoms with Gasteiger partial charge in [-0.1, -0.05) is 13.3 Å². The fourth-order valence-corrected chi connectivity index (χ4v) is 5.17. The Morgan fingerprint density at radius 1 is 1.00 bits per heavy atom. The molecule has 0 aromatic heterocycles. The molecule has 1 fully saturated rings. The smallest absolute Gasteiger partial charge is 0.310 e. The molecule has 2 aliphatic heterocycles. The predicted molar refractivity (Wildman–Crippen MR) is 117 cm³/mol. The standard InChI is InChI=1S/C25H28O8/c1-4-5-6-30-24-15-10-18-17(32-12-33-18)9-14(15)21(22-16(24)11-31-25(22)27)13-7-19(28-2)23(26)20(8-13)29-3/h7-10,16,21-22,24,26H,4-6,11-12H2,1-3H3/t16-,21+,22-,24+/m0/s1. The van der Waals surface area contributed by atoms with E-state index < -0.39 is 5.92 Å². The number of aromatic hydroxyl groups is 1. The second-order valence-corrected chi connectivity index (χ2v) is 8.55. The first-order valence-corrected chi connectivity index (χ1v) is 11.2. The van der Waals surface area contributed by atoms with Crippen LogP contribution >= 0.6 is 0 Å². The van der Waals surface area contributed by atoms with E-state index >= 15 is 0 Å². The number of phenols is 1. The average molecular weight is 456 g/mol. The summed E-state index contributed by atoms with van der Waals surface area (Å²) in [6, 6.07) is 7.40. The lowest BCUT2D eigenvalue weighted by molar-refractivity contribution is -0.141. The quantitative estimate of drug-likeness (QED) is 0.495. The third-order valence-electron chi connectivity index (χ3n) is 6.78. The van der Waals surface area contributed by atoms with Crippen molar-refractivity contribution < 1.29 is 38.3 Å². The van der Waals surface area contributed by atoms with Crippen LogP contribution in [0.1, 0.15) is 48.5 Å². The third-order valence-corrected chi connectivity index (χ3v) is 6.78. The van der Waals surface area contributed by atoms with Crippen LogP contribution in [0.5, 0.6) is 28.7 Å². The minimum atomic E-state index is -0.455. The fraction of sp³-hybridized carbons (Fsp3) is 0.480. The number of phenolic OH excluding ortho intramolecular Hbond substituents is 1. The van der Waals surface area contributed by atoms with Gasteiger partial charge in [0.2, 0.25) is 12.5 Å². The maximum atomic E-state index is 13.0. The molecule has 1 aliphatic carbocycles. The van der Waals surface area contributed by atoms with Crippen LogP contribution in [-0.2, 0) is 14.3 Å². The predicted octanol–water partition coefficient (Wildman–Crippen LogP) is 3.93. The van der Waals surface area contributed by atoms with Gasteiger partial charge in [-0.2, -0.15) is 0 Å². The fourth-order valence-electron chi connectivity index (χ4n) is 5.17. The Kier molecular flexibility index (Phi) is 5.70. The van der Waals surface area contributed by atoms with Gasteiger partial charge in [0, 0.05) is 18.4 Å². The molecular weight excluding hydrogens is 428 g/mol. The Morgan fingerprint density at radius 2 is 1.67 bits per heavy atom. The highest BCUT2D eigenvalue weighted by atomic mass is 16.7. The monoisotopic (exact) mass is 456 g/mol. The molecular formula is C25H28O8.